The Labute approximate surface area is 146 Å². The van der Waals surface area contributed by atoms with Crippen molar-refractivity contribution >= 4 is 40.5 Å². The highest BCUT2D eigenvalue weighted by atomic mass is 16.2. The number of carbonyl (C=O) groups excluding carboxylic acids is 2. The Bertz CT molecular complexity index is 1160. The Morgan fingerprint density at radius 3 is 2.88 bits per heavy atom. The smallest absolute Gasteiger partial charge is 0.280 e. The summed E-state index contributed by atoms with van der Waals surface area (Å²) >= 11 is 0. The number of carbonyl (C=O) groups is 2. The summed E-state index contributed by atoms with van der Waals surface area (Å²) in [5, 5.41) is 0.432. The lowest BCUT2D eigenvalue weighted by atomic mass is 10.0. The SMILES string of the molecule is O=C(Cn1cnc2ccccc2c1=O)N=C1C=CC2=NC=NC(=O)C2=C1. The van der Waals surface area contributed by atoms with E-state index in [0.717, 1.165) is 0 Å². The van der Waals surface area contributed by atoms with Crippen molar-refractivity contribution in [3.05, 3.63) is 64.7 Å². The summed E-state index contributed by atoms with van der Waals surface area (Å²) in [6.07, 6.45) is 7.13. The van der Waals surface area contributed by atoms with Gasteiger partial charge >= 0.3 is 0 Å². The third-order valence-corrected chi connectivity index (χ3v) is 3.87. The molecule has 0 spiro atoms. The summed E-state index contributed by atoms with van der Waals surface area (Å²) in [6, 6.07) is 6.90. The summed E-state index contributed by atoms with van der Waals surface area (Å²) in [5.74, 6) is -0.970. The number of fused-ring (bicyclic) bond motifs is 2. The maximum atomic E-state index is 12.4. The summed E-state index contributed by atoms with van der Waals surface area (Å²) in [4.78, 5) is 52.1. The number of rotatable bonds is 2. The van der Waals surface area contributed by atoms with Crippen LogP contribution >= 0.6 is 0 Å². The number of hydrogen-bond donors (Lipinski definition) is 0. The molecule has 8 nitrogen and oxygen atoms in total. The van der Waals surface area contributed by atoms with Crippen molar-refractivity contribution in [1.29, 1.82) is 0 Å². The van der Waals surface area contributed by atoms with Crippen LogP contribution in [0.15, 0.2) is 74.2 Å². The molecule has 0 saturated heterocycles. The molecule has 2 heterocycles. The van der Waals surface area contributed by atoms with Crippen LogP contribution in [-0.4, -0.2) is 39.1 Å². The van der Waals surface area contributed by atoms with Gasteiger partial charge in [0.25, 0.3) is 17.4 Å². The van der Waals surface area contributed by atoms with Gasteiger partial charge in [0.2, 0.25) is 0 Å². The Kier molecular flexibility index (Phi) is 3.77. The van der Waals surface area contributed by atoms with Crippen molar-refractivity contribution in [3.63, 3.8) is 0 Å². The molecule has 26 heavy (non-hydrogen) atoms. The molecule has 0 radical (unpaired) electrons. The number of para-hydroxylation sites is 1. The third kappa shape index (κ3) is 2.84. The van der Waals surface area contributed by atoms with Gasteiger partial charge in [0.1, 0.15) is 12.9 Å². The maximum Gasteiger partial charge on any atom is 0.280 e. The van der Waals surface area contributed by atoms with E-state index in [-0.39, 0.29) is 17.7 Å². The van der Waals surface area contributed by atoms with Crippen molar-refractivity contribution < 1.29 is 9.59 Å². The second-order valence-corrected chi connectivity index (χ2v) is 5.58. The van der Waals surface area contributed by atoms with E-state index in [4.69, 9.17) is 0 Å². The van der Waals surface area contributed by atoms with Gasteiger partial charge in [0, 0.05) is 0 Å². The van der Waals surface area contributed by atoms with Crippen molar-refractivity contribution in [1.82, 2.24) is 9.55 Å². The molecule has 0 saturated carbocycles. The van der Waals surface area contributed by atoms with Crippen LogP contribution in [0.3, 0.4) is 0 Å². The van der Waals surface area contributed by atoms with Gasteiger partial charge in [-0.2, -0.15) is 4.99 Å². The molecule has 0 fully saturated rings. The van der Waals surface area contributed by atoms with Gasteiger partial charge in [-0.25, -0.2) is 15.0 Å². The molecule has 8 heteroatoms. The lowest BCUT2D eigenvalue weighted by Crippen LogP contribution is -2.24. The van der Waals surface area contributed by atoms with E-state index in [9.17, 15) is 14.4 Å². The Hall–Kier alpha value is -3.81. The summed E-state index contributed by atoms with van der Waals surface area (Å²) in [6.45, 7) is -0.246. The molecular formula is C18H11N5O3. The first kappa shape index (κ1) is 15.7. The Balaban J connectivity index is 1.60. The van der Waals surface area contributed by atoms with Crippen molar-refractivity contribution in [3.8, 4) is 0 Å². The molecule has 1 aliphatic heterocycles. The van der Waals surface area contributed by atoms with Gasteiger partial charge in [-0.15, -0.1) is 0 Å². The van der Waals surface area contributed by atoms with E-state index < -0.39 is 11.8 Å². The van der Waals surface area contributed by atoms with Crippen LogP contribution in [0.1, 0.15) is 0 Å². The van der Waals surface area contributed by atoms with Gasteiger partial charge in [-0.3, -0.25) is 19.0 Å². The van der Waals surface area contributed by atoms with E-state index in [2.05, 4.69) is 20.0 Å². The molecule has 0 bridgehead atoms. The fourth-order valence-corrected chi connectivity index (χ4v) is 2.63. The second-order valence-electron chi connectivity index (χ2n) is 5.58. The predicted octanol–water partition coefficient (Wildman–Crippen LogP) is 0.870. The van der Waals surface area contributed by atoms with E-state index in [1.165, 1.54) is 23.3 Å². The standard InChI is InChI=1S/C18H11N5O3/c24-16(8-23-10-21-14-4-2-1-3-12(14)18(23)26)22-11-5-6-15-13(7-11)17(25)20-9-19-15/h1-7,9-10H,8H2. The average Bonchev–Trinajstić information content (AvgIpc) is 2.65. The van der Waals surface area contributed by atoms with Gasteiger partial charge in [-0.1, -0.05) is 12.1 Å². The zero-order chi connectivity index (χ0) is 18.1. The van der Waals surface area contributed by atoms with Crippen molar-refractivity contribution in [2.24, 2.45) is 15.0 Å². The molecule has 1 aromatic carbocycles. The first-order chi connectivity index (χ1) is 12.6. The molecule has 126 valence electrons. The molecule has 2 amide bonds. The number of allylic oxidation sites excluding steroid dienone is 3. The van der Waals surface area contributed by atoms with E-state index in [1.54, 1.807) is 36.4 Å². The minimum Gasteiger partial charge on any atom is -0.289 e. The fraction of sp³-hybridized carbons (Fsp3) is 0.0556. The minimum absolute atomic E-state index is 0.246. The minimum atomic E-state index is -0.534. The fourth-order valence-electron chi connectivity index (χ4n) is 2.63. The average molecular weight is 345 g/mol. The highest BCUT2D eigenvalue weighted by Gasteiger charge is 2.20. The van der Waals surface area contributed by atoms with Crippen LogP contribution in [0.2, 0.25) is 0 Å². The van der Waals surface area contributed by atoms with Crippen LogP contribution in [0.4, 0.5) is 0 Å². The number of nitrogens with zero attached hydrogens (tertiary/aromatic N) is 5. The number of amides is 2. The van der Waals surface area contributed by atoms with Crippen LogP contribution in [0, 0.1) is 0 Å². The van der Waals surface area contributed by atoms with E-state index >= 15 is 0 Å². The molecule has 4 rings (SSSR count). The Morgan fingerprint density at radius 2 is 2.00 bits per heavy atom. The van der Waals surface area contributed by atoms with Gasteiger partial charge < -0.3 is 0 Å². The number of hydrogen-bond acceptors (Lipinski definition) is 5. The summed E-state index contributed by atoms with van der Waals surface area (Å²) in [7, 11) is 0. The molecule has 1 aliphatic carbocycles. The number of aromatic nitrogens is 2. The van der Waals surface area contributed by atoms with Crippen LogP contribution in [0.25, 0.3) is 10.9 Å². The molecule has 2 aromatic rings. The predicted molar refractivity (Wildman–Crippen MR) is 96.6 cm³/mol. The van der Waals surface area contributed by atoms with E-state index in [1.807, 2.05) is 0 Å². The highest BCUT2D eigenvalue weighted by Crippen LogP contribution is 2.13. The lowest BCUT2D eigenvalue weighted by molar-refractivity contribution is -0.118. The molecule has 0 unspecified atom stereocenters. The first-order valence-corrected chi connectivity index (χ1v) is 7.72. The van der Waals surface area contributed by atoms with Gasteiger partial charge in [0.05, 0.1) is 34.2 Å². The van der Waals surface area contributed by atoms with Gasteiger partial charge in [-0.05, 0) is 30.4 Å². The highest BCUT2D eigenvalue weighted by molar-refractivity contribution is 6.36. The van der Waals surface area contributed by atoms with Crippen LogP contribution < -0.4 is 5.56 Å². The third-order valence-electron chi connectivity index (χ3n) is 3.87. The first-order valence-electron chi connectivity index (χ1n) is 7.72. The quantitative estimate of drug-likeness (QED) is 0.753. The summed E-state index contributed by atoms with van der Waals surface area (Å²) < 4.78 is 1.21. The van der Waals surface area contributed by atoms with Crippen molar-refractivity contribution in [2.45, 2.75) is 6.54 Å². The molecule has 0 N–H and O–H groups in total. The number of benzene rings is 1. The van der Waals surface area contributed by atoms with E-state index in [0.29, 0.717) is 22.3 Å². The normalized spacial score (nSPS) is 17.2. The lowest BCUT2D eigenvalue weighted by Gasteiger charge is -2.11. The zero-order valence-corrected chi connectivity index (χ0v) is 13.4. The molecule has 1 aromatic heterocycles. The largest absolute Gasteiger partial charge is 0.289 e. The number of aliphatic imine (C=N–C) groups is 3. The second kappa shape index (κ2) is 6.25. The zero-order valence-electron chi connectivity index (χ0n) is 13.4. The summed E-state index contributed by atoms with van der Waals surface area (Å²) in [5.41, 5.74) is 1.32. The molecule has 2 aliphatic rings. The maximum absolute atomic E-state index is 12.4. The molecular weight excluding hydrogens is 334 g/mol. The van der Waals surface area contributed by atoms with Crippen LogP contribution in [0.5, 0.6) is 0 Å². The topological polar surface area (TPSA) is 106 Å². The van der Waals surface area contributed by atoms with Gasteiger partial charge in [0.15, 0.2) is 0 Å². The monoisotopic (exact) mass is 345 g/mol. The van der Waals surface area contributed by atoms with Crippen molar-refractivity contribution in [2.75, 3.05) is 0 Å². The Morgan fingerprint density at radius 1 is 1.15 bits per heavy atom. The van der Waals surface area contributed by atoms with Crippen LogP contribution in [-0.2, 0) is 16.1 Å². The molecule has 0 atom stereocenters.